The van der Waals surface area contributed by atoms with Crippen LogP contribution in [-0.4, -0.2) is 38.3 Å². The normalized spacial score (nSPS) is 12.5. The Kier molecular flexibility index (Phi) is 7.86. The molecule has 0 radical (unpaired) electrons. The first-order valence-electron chi connectivity index (χ1n) is 10.4. The maximum atomic E-state index is 12.4. The lowest BCUT2D eigenvalue weighted by Crippen LogP contribution is -2.50. The van der Waals surface area contributed by atoms with Crippen molar-refractivity contribution < 1.29 is 9.53 Å². The molecule has 1 aromatic heterocycles. The number of carbonyl (C=O) groups is 1. The average Bonchev–Trinajstić information content (AvgIpc) is 3.22. The second-order valence-corrected chi connectivity index (χ2v) is 8.08. The van der Waals surface area contributed by atoms with E-state index in [4.69, 9.17) is 10.5 Å². The number of aryl methyl sites for hydroxylation is 2. The SMILES string of the molecule is CC(C)(N)C(=O)N[C@H](COCc1ccccc1)c1nnn(CCCc2ccccc2)n1. The van der Waals surface area contributed by atoms with Gasteiger partial charge in [-0.1, -0.05) is 60.7 Å². The second kappa shape index (κ2) is 10.8. The molecule has 2 aromatic carbocycles. The summed E-state index contributed by atoms with van der Waals surface area (Å²) in [5.74, 6) is 0.103. The molecule has 8 heteroatoms. The molecule has 0 bridgehead atoms. The maximum absolute atomic E-state index is 12.4. The molecule has 0 aliphatic rings. The highest BCUT2D eigenvalue weighted by molar-refractivity contribution is 5.85. The van der Waals surface area contributed by atoms with Crippen molar-refractivity contribution in [1.82, 2.24) is 25.5 Å². The maximum Gasteiger partial charge on any atom is 0.240 e. The Hall–Kier alpha value is -3.10. The minimum Gasteiger partial charge on any atom is -0.374 e. The summed E-state index contributed by atoms with van der Waals surface area (Å²) < 4.78 is 5.83. The van der Waals surface area contributed by atoms with Gasteiger partial charge in [0, 0.05) is 0 Å². The summed E-state index contributed by atoms with van der Waals surface area (Å²) in [6.45, 7) is 4.57. The predicted molar refractivity (Wildman–Crippen MR) is 118 cm³/mol. The van der Waals surface area contributed by atoms with Crippen LogP contribution in [0.3, 0.4) is 0 Å². The molecule has 1 heterocycles. The van der Waals surface area contributed by atoms with Gasteiger partial charge in [-0.05, 0) is 43.0 Å². The van der Waals surface area contributed by atoms with Crippen LogP contribution < -0.4 is 11.1 Å². The van der Waals surface area contributed by atoms with Gasteiger partial charge in [0.25, 0.3) is 0 Å². The molecule has 0 aliphatic heterocycles. The van der Waals surface area contributed by atoms with E-state index in [0.717, 1.165) is 18.4 Å². The van der Waals surface area contributed by atoms with Crippen molar-refractivity contribution in [2.45, 2.75) is 51.4 Å². The Balaban J connectivity index is 1.60. The first-order valence-corrected chi connectivity index (χ1v) is 10.4. The standard InChI is InChI=1S/C23H30N6O2/c1-23(2,24)22(30)25-20(17-31-16-19-12-7-4-8-13-19)21-26-28-29(27-21)15-9-14-18-10-5-3-6-11-18/h3-8,10-13,20H,9,14-17,24H2,1-2H3,(H,25,30)/t20-/m1/s1. The van der Waals surface area contributed by atoms with Gasteiger partial charge in [-0.3, -0.25) is 4.79 Å². The monoisotopic (exact) mass is 422 g/mol. The summed E-state index contributed by atoms with van der Waals surface area (Å²) in [7, 11) is 0. The molecule has 0 saturated heterocycles. The van der Waals surface area contributed by atoms with Crippen molar-refractivity contribution in [3.8, 4) is 0 Å². The van der Waals surface area contributed by atoms with E-state index in [1.165, 1.54) is 5.56 Å². The highest BCUT2D eigenvalue weighted by Gasteiger charge is 2.27. The average molecular weight is 423 g/mol. The van der Waals surface area contributed by atoms with Crippen molar-refractivity contribution in [2.75, 3.05) is 6.61 Å². The lowest BCUT2D eigenvalue weighted by atomic mass is 10.1. The molecule has 8 nitrogen and oxygen atoms in total. The third-order valence-electron chi connectivity index (χ3n) is 4.73. The molecule has 3 aromatic rings. The van der Waals surface area contributed by atoms with Crippen LogP contribution in [0.25, 0.3) is 0 Å². The van der Waals surface area contributed by atoms with Crippen LogP contribution in [0.2, 0.25) is 0 Å². The summed E-state index contributed by atoms with van der Waals surface area (Å²) in [6, 6.07) is 19.6. The molecule has 0 saturated carbocycles. The van der Waals surface area contributed by atoms with E-state index in [9.17, 15) is 4.79 Å². The van der Waals surface area contributed by atoms with E-state index in [0.29, 0.717) is 19.0 Å². The fourth-order valence-electron chi connectivity index (χ4n) is 2.95. The van der Waals surface area contributed by atoms with Gasteiger partial charge in [0.1, 0.15) is 6.04 Å². The highest BCUT2D eigenvalue weighted by Crippen LogP contribution is 2.12. The van der Waals surface area contributed by atoms with E-state index in [1.54, 1.807) is 18.6 Å². The number of nitrogens with zero attached hydrogens (tertiary/aromatic N) is 4. The molecule has 31 heavy (non-hydrogen) atoms. The fourth-order valence-corrected chi connectivity index (χ4v) is 2.95. The van der Waals surface area contributed by atoms with Gasteiger partial charge < -0.3 is 15.8 Å². The highest BCUT2D eigenvalue weighted by atomic mass is 16.5. The zero-order valence-corrected chi connectivity index (χ0v) is 18.1. The van der Waals surface area contributed by atoms with Gasteiger partial charge in [-0.25, -0.2) is 0 Å². The summed E-state index contributed by atoms with van der Waals surface area (Å²) in [6.07, 6.45) is 1.82. The van der Waals surface area contributed by atoms with Crippen LogP contribution in [-0.2, 0) is 29.1 Å². The number of rotatable bonds is 11. The number of benzene rings is 2. The smallest absolute Gasteiger partial charge is 0.240 e. The first-order chi connectivity index (χ1) is 14.9. The van der Waals surface area contributed by atoms with Crippen molar-refractivity contribution in [3.05, 3.63) is 77.6 Å². The minimum absolute atomic E-state index is 0.215. The number of ether oxygens (including phenoxy) is 1. The Bertz CT molecular complexity index is 937. The molecule has 3 rings (SSSR count). The Morgan fingerprint density at radius 3 is 2.39 bits per heavy atom. The molecule has 1 atom stereocenters. The number of carbonyl (C=O) groups excluding carboxylic acids is 1. The number of hydrogen-bond acceptors (Lipinski definition) is 6. The van der Waals surface area contributed by atoms with Gasteiger partial charge >= 0.3 is 0 Å². The Morgan fingerprint density at radius 2 is 1.74 bits per heavy atom. The number of nitrogens with two attached hydrogens (primary N) is 1. The summed E-state index contributed by atoms with van der Waals surface area (Å²) in [5.41, 5.74) is 7.23. The summed E-state index contributed by atoms with van der Waals surface area (Å²) in [5, 5.41) is 15.6. The molecular formula is C23H30N6O2. The van der Waals surface area contributed by atoms with Crippen LogP contribution in [0.5, 0.6) is 0 Å². The topological polar surface area (TPSA) is 108 Å². The van der Waals surface area contributed by atoms with Crippen LogP contribution >= 0.6 is 0 Å². The van der Waals surface area contributed by atoms with Crippen LogP contribution in [0.4, 0.5) is 0 Å². The van der Waals surface area contributed by atoms with Crippen molar-refractivity contribution in [3.63, 3.8) is 0 Å². The lowest BCUT2D eigenvalue weighted by molar-refractivity contribution is -0.126. The number of tetrazole rings is 1. The molecule has 1 amide bonds. The first kappa shape index (κ1) is 22.6. The molecule has 0 fully saturated rings. The molecule has 164 valence electrons. The van der Waals surface area contributed by atoms with E-state index in [1.807, 2.05) is 48.5 Å². The van der Waals surface area contributed by atoms with Gasteiger partial charge in [-0.15, -0.1) is 10.2 Å². The summed E-state index contributed by atoms with van der Waals surface area (Å²) >= 11 is 0. The third-order valence-corrected chi connectivity index (χ3v) is 4.73. The van der Waals surface area contributed by atoms with Crippen molar-refractivity contribution in [2.24, 2.45) is 5.73 Å². The van der Waals surface area contributed by atoms with E-state index < -0.39 is 11.6 Å². The third kappa shape index (κ3) is 7.27. The van der Waals surface area contributed by atoms with Gasteiger partial charge in [0.05, 0.1) is 25.3 Å². The predicted octanol–water partition coefficient (Wildman–Crippen LogP) is 2.42. The second-order valence-electron chi connectivity index (χ2n) is 8.08. The Morgan fingerprint density at radius 1 is 1.10 bits per heavy atom. The van der Waals surface area contributed by atoms with Gasteiger partial charge in [-0.2, -0.15) is 4.80 Å². The fraction of sp³-hybridized carbons (Fsp3) is 0.391. The van der Waals surface area contributed by atoms with Gasteiger partial charge in [0.15, 0.2) is 5.82 Å². The summed E-state index contributed by atoms with van der Waals surface area (Å²) in [4.78, 5) is 14.0. The molecule has 0 aliphatic carbocycles. The molecule has 0 spiro atoms. The molecular weight excluding hydrogens is 392 g/mol. The van der Waals surface area contributed by atoms with Crippen LogP contribution in [0.15, 0.2) is 60.7 Å². The quantitative estimate of drug-likeness (QED) is 0.491. The number of aromatic nitrogens is 4. The lowest BCUT2D eigenvalue weighted by Gasteiger charge is -2.22. The largest absolute Gasteiger partial charge is 0.374 e. The van der Waals surface area contributed by atoms with Crippen LogP contribution in [0, 0.1) is 0 Å². The van der Waals surface area contributed by atoms with Crippen molar-refractivity contribution >= 4 is 5.91 Å². The number of nitrogens with one attached hydrogen (secondary N) is 1. The van der Waals surface area contributed by atoms with Gasteiger partial charge in [0.2, 0.25) is 5.91 Å². The zero-order valence-electron chi connectivity index (χ0n) is 18.1. The van der Waals surface area contributed by atoms with E-state index >= 15 is 0 Å². The number of hydrogen-bond donors (Lipinski definition) is 2. The van der Waals surface area contributed by atoms with E-state index in [2.05, 4.69) is 32.9 Å². The zero-order chi connectivity index (χ0) is 22.1. The molecule has 3 N–H and O–H groups in total. The minimum atomic E-state index is -1.02. The van der Waals surface area contributed by atoms with E-state index in [-0.39, 0.29) is 12.5 Å². The molecule has 0 unspecified atom stereocenters. The number of amides is 1. The Labute approximate surface area is 182 Å². The van der Waals surface area contributed by atoms with Crippen LogP contribution in [0.1, 0.15) is 43.3 Å². The van der Waals surface area contributed by atoms with Crippen molar-refractivity contribution in [1.29, 1.82) is 0 Å².